The Bertz CT molecular complexity index is 465. The monoisotopic (exact) mass is 272 g/mol. The molecule has 0 aliphatic carbocycles. The number of hydrogen-bond donors (Lipinski definition) is 0. The number of benzene rings is 1. The lowest BCUT2D eigenvalue weighted by molar-refractivity contribution is -0.142. The molecular formula is C18H24O2. The van der Waals surface area contributed by atoms with Gasteiger partial charge in [0.15, 0.2) is 0 Å². The van der Waals surface area contributed by atoms with Crippen molar-refractivity contribution in [3.05, 3.63) is 59.2 Å². The quantitative estimate of drug-likeness (QED) is 0.416. The van der Waals surface area contributed by atoms with E-state index in [1.54, 1.807) is 0 Å². The van der Waals surface area contributed by atoms with Gasteiger partial charge in [0.2, 0.25) is 0 Å². The molecule has 0 atom stereocenters. The lowest BCUT2D eigenvalue weighted by Crippen LogP contribution is -2.08. The average molecular weight is 272 g/mol. The van der Waals surface area contributed by atoms with Gasteiger partial charge in [-0.15, -0.1) is 0 Å². The van der Waals surface area contributed by atoms with Crippen LogP contribution in [0.5, 0.6) is 0 Å². The fraction of sp³-hybridized carbons (Fsp3) is 0.389. The van der Waals surface area contributed by atoms with Crippen molar-refractivity contribution >= 4 is 5.97 Å². The van der Waals surface area contributed by atoms with E-state index in [1.165, 1.54) is 11.1 Å². The zero-order valence-corrected chi connectivity index (χ0v) is 12.7. The van der Waals surface area contributed by atoms with Crippen LogP contribution in [0.1, 0.15) is 39.2 Å². The van der Waals surface area contributed by atoms with Gasteiger partial charge in [0.1, 0.15) is 0 Å². The van der Waals surface area contributed by atoms with E-state index in [1.807, 2.05) is 30.3 Å². The Morgan fingerprint density at radius 3 is 2.45 bits per heavy atom. The van der Waals surface area contributed by atoms with Crippen molar-refractivity contribution in [3.63, 3.8) is 0 Å². The van der Waals surface area contributed by atoms with E-state index in [-0.39, 0.29) is 5.97 Å². The molecule has 1 aromatic rings. The van der Waals surface area contributed by atoms with Gasteiger partial charge >= 0.3 is 5.97 Å². The zero-order valence-electron chi connectivity index (χ0n) is 12.7. The molecule has 0 unspecified atom stereocenters. The molecule has 0 aromatic heterocycles. The van der Waals surface area contributed by atoms with Gasteiger partial charge in [-0.25, -0.2) is 0 Å². The molecular weight excluding hydrogens is 248 g/mol. The Morgan fingerprint density at radius 2 is 1.80 bits per heavy atom. The summed E-state index contributed by atoms with van der Waals surface area (Å²) in [5.41, 5.74) is 3.63. The minimum Gasteiger partial charge on any atom is -0.465 e. The summed E-state index contributed by atoms with van der Waals surface area (Å²) in [7, 11) is 0. The maximum Gasteiger partial charge on any atom is 0.310 e. The summed E-state index contributed by atoms with van der Waals surface area (Å²) in [4.78, 5) is 11.6. The zero-order chi connectivity index (χ0) is 14.8. The van der Waals surface area contributed by atoms with Crippen LogP contribution >= 0.6 is 0 Å². The predicted octanol–water partition coefficient (Wildman–Crippen LogP) is 4.47. The van der Waals surface area contributed by atoms with E-state index in [4.69, 9.17) is 4.74 Å². The number of carbonyl (C=O) groups excluding carboxylic acids is 1. The molecule has 0 saturated heterocycles. The number of ether oxygens (including phenoxy) is 1. The fourth-order valence-electron chi connectivity index (χ4n) is 1.74. The fourth-order valence-corrected chi connectivity index (χ4v) is 1.74. The summed E-state index contributed by atoms with van der Waals surface area (Å²) in [5.74, 6) is -0.161. The van der Waals surface area contributed by atoms with Crippen LogP contribution in [-0.4, -0.2) is 12.6 Å². The maximum atomic E-state index is 11.6. The Hall–Kier alpha value is -1.83. The summed E-state index contributed by atoms with van der Waals surface area (Å²) >= 11 is 0. The Kier molecular flexibility index (Phi) is 7.41. The van der Waals surface area contributed by atoms with Crippen molar-refractivity contribution in [2.24, 2.45) is 0 Å². The van der Waals surface area contributed by atoms with Crippen LogP contribution in [0, 0.1) is 0 Å². The molecule has 0 radical (unpaired) electrons. The van der Waals surface area contributed by atoms with Crippen LogP contribution in [0.15, 0.2) is 53.6 Å². The third-order valence-corrected chi connectivity index (χ3v) is 2.90. The molecule has 0 heterocycles. The van der Waals surface area contributed by atoms with Gasteiger partial charge in [-0.3, -0.25) is 4.79 Å². The largest absolute Gasteiger partial charge is 0.465 e. The molecule has 0 saturated carbocycles. The SMILES string of the molecule is CC(C)=CC/C(C)=C/CCOC(=O)Cc1ccccc1. The third-order valence-electron chi connectivity index (χ3n) is 2.90. The number of allylic oxidation sites excluding steroid dienone is 3. The van der Waals surface area contributed by atoms with Crippen LogP contribution in [-0.2, 0) is 16.0 Å². The number of rotatable bonds is 7. The highest BCUT2D eigenvalue weighted by Crippen LogP contribution is 2.06. The number of carbonyl (C=O) groups is 1. The summed E-state index contributed by atoms with van der Waals surface area (Å²) in [5, 5.41) is 0. The van der Waals surface area contributed by atoms with E-state index in [2.05, 4.69) is 32.9 Å². The normalized spacial score (nSPS) is 11.1. The van der Waals surface area contributed by atoms with Crippen LogP contribution < -0.4 is 0 Å². The molecule has 0 spiro atoms. The first-order valence-electron chi connectivity index (χ1n) is 7.06. The second kappa shape index (κ2) is 9.13. The predicted molar refractivity (Wildman–Crippen MR) is 83.5 cm³/mol. The first-order chi connectivity index (χ1) is 9.58. The van der Waals surface area contributed by atoms with Crippen molar-refractivity contribution in [2.45, 2.75) is 40.0 Å². The molecule has 0 bridgehead atoms. The third kappa shape index (κ3) is 7.57. The Labute approximate surface area is 122 Å². The molecule has 108 valence electrons. The van der Waals surface area contributed by atoms with Gasteiger partial charge in [-0.2, -0.15) is 0 Å². The lowest BCUT2D eigenvalue weighted by atomic mass is 10.1. The summed E-state index contributed by atoms with van der Waals surface area (Å²) in [6.45, 7) is 6.75. The van der Waals surface area contributed by atoms with Gasteiger partial charge in [0.25, 0.3) is 0 Å². The highest BCUT2D eigenvalue weighted by Gasteiger charge is 2.03. The van der Waals surface area contributed by atoms with Crippen LogP contribution in [0.3, 0.4) is 0 Å². The molecule has 0 aliphatic rings. The summed E-state index contributed by atoms with van der Waals surface area (Å²) in [6, 6.07) is 9.67. The van der Waals surface area contributed by atoms with Gasteiger partial charge in [0, 0.05) is 0 Å². The average Bonchev–Trinajstić information content (AvgIpc) is 2.42. The van der Waals surface area contributed by atoms with Crippen molar-refractivity contribution in [3.8, 4) is 0 Å². The molecule has 0 aliphatic heterocycles. The highest BCUT2D eigenvalue weighted by molar-refractivity contribution is 5.72. The van der Waals surface area contributed by atoms with Crippen molar-refractivity contribution in [1.82, 2.24) is 0 Å². The van der Waals surface area contributed by atoms with E-state index in [0.717, 1.165) is 18.4 Å². The minimum atomic E-state index is -0.161. The lowest BCUT2D eigenvalue weighted by Gasteiger charge is -2.04. The number of hydrogen-bond acceptors (Lipinski definition) is 2. The second-order valence-electron chi connectivity index (χ2n) is 5.21. The molecule has 1 aromatic carbocycles. The molecule has 2 heteroatoms. The summed E-state index contributed by atoms with van der Waals surface area (Å²) in [6.07, 6.45) is 6.44. The van der Waals surface area contributed by atoms with Crippen molar-refractivity contribution in [1.29, 1.82) is 0 Å². The summed E-state index contributed by atoms with van der Waals surface area (Å²) < 4.78 is 5.22. The maximum absolute atomic E-state index is 11.6. The first-order valence-corrected chi connectivity index (χ1v) is 7.06. The standard InChI is InChI=1S/C18H24O2/c1-15(2)11-12-16(3)8-7-13-20-18(19)14-17-9-5-4-6-10-17/h4-6,8-11H,7,12-14H2,1-3H3/b16-8+. The minimum absolute atomic E-state index is 0.161. The van der Waals surface area contributed by atoms with Gasteiger partial charge in [0.05, 0.1) is 13.0 Å². The molecule has 0 N–H and O–H groups in total. The Balaban J connectivity index is 2.22. The highest BCUT2D eigenvalue weighted by atomic mass is 16.5. The molecule has 0 fully saturated rings. The van der Waals surface area contributed by atoms with Gasteiger partial charge in [-0.1, -0.05) is 53.6 Å². The topological polar surface area (TPSA) is 26.3 Å². The smallest absolute Gasteiger partial charge is 0.310 e. The van der Waals surface area contributed by atoms with Gasteiger partial charge < -0.3 is 4.74 Å². The first kappa shape index (κ1) is 16.2. The van der Waals surface area contributed by atoms with Gasteiger partial charge in [-0.05, 0) is 39.2 Å². The van der Waals surface area contributed by atoms with Crippen LogP contribution in [0.4, 0.5) is 0 Å². The molecule has 2 nitrogen and oxygen atoms in total. The Morgan fingerprint density at radius 1 is 1.10 bits per heavy atom. The molecule has 20 heavy (non-hydrogen) atoms. The van der Waals surface area contributed by atoms with E-state index < -0.39 is 0 Å². The van der Waals surface area contributed by atoms with Crippen molar-refractivity contribution < 1.29 is 9.53 Å². The van der Waals surface area contributed by atoms with Crippen LogP contribution in [0.2, 0.25) is 0 Å². The second-order valence-corrected chi connectivity index (χ2v) is 5.21. The van der Waals surface area contributed by atoms with E-state index in [0.29, 0.717) is 13.0 Å². The molecule has 1 rings (SSSR count). The van der Waals surface area contributed by atoms with Crippen molar-refractivity contribution in [2.75, 3.05) is 6.61 Å². The van der Waals surface area contributed by atoms with Crippen LogP contribution in [0.25, 0.3) is 0 Å². The number of esters is 1. The molecule has 0 amide bonds. The van der Waals surface area contributed by atoms with E-state index >= 15 is 0 Å². The van der Waals surface area contributed by atoms with E-state index in [9.17, 15) is 4.79 Å².